The lowest BCUT2D eigenvalue weighted by Crippen LogP contribution is -1.86. The second-order valence-electron chi connectivity index (χ2n) is 3.39. The molecule has 1 N–H and O–H groups in total. The van der Waals surface area contributed by atoms with E-state index < -0.39 is 0 Å². The van der Waals surface area contributed by atoms with Gasteiger partial charge in [-0.15, -0.1) is 0 Å². The molecule has 2 aromatic rings. The van der Waals surface area contributed by atoms with E-state index in [4.69, 9.17) is 16.4 Å². The zero-order chi connectivity index (χ0) is 12.1. The molecule has 0 atom stereocenters. The average Bonchev–Trinajstić information content (AvgIpc) is 2.40. The fourth-order valence-corrected chi connectivity index (χ4v) is 1.32. The number of aliphatic hydroxyl groups is 1. The van der Waals surface area contributed by atoms with E-state index in [1.807, 2.05) is 0 Å². The van der Waals surface area contributed by atoms with Gasteiger partial charge in [0.25, 0.3) is 0 Å². The summed E-state index contributed by atoms with van der Waals surface area (Å²) in [5, 5.41) is 8.90. The van der Waals surface area contributed by atoms with Gasteiger partial charge in [0.1, 0.15) is 11.5 Å². The summed E-state index contributed by atoms with van der Waals surface area (Å²) >= 11 is 0. The Morgan fingerprint density at radius 1 is 1.18 bits per heavy atom. The Morgan fingerprint density at radius 2 is 1.94 bits per heavy atom. The van der Waals surface area contributed by atoms with Crippen molar-refractivity contribution < 1.29 is 9.84 Å². The molecule has 0 unspecified atom stereocenters. The number of ether oxygens (including phenoxy) is 1. The maximum absolute atomic E-state index is 8.90. The number of benzene rings is 1. The molecule has 0 amide bonds. The molecule has 0 bridgehead atoms. The van der Waals surface area contributed by atoms with Crippen molar-refractivity contribution in [2.45, 2.75) is 6.61 Å². The Kier molecular flexibility index (Phi) is 3.34. The first-order valence-corrected chi connectivity index (χ1v) is 5.02. The van der Waals surface area contributed by atoms with Crippen LogP contribution in [0.3, 0.4) is 0 Å². The molecule has 2 rings (SSSR count). The van der Waals surface area contributed by atoms with Crippen molar-refractivity contribution >= 4 is 5.69 Å². The van der Waals surface area contributed by atoms with Crippen LogP contribution >= 0.6 is 0 Å². The highest BCUT2D eigenvalue weighted by Crippen LogP contribution is 2.24. The van der Waals surface area contributed by atoms with Gasteiger partial charge >= 0.3 is 0 Å². The zero-order valence-corrected chi connectivity index (χ0v) is 9.00. The highest BCUT2D eigenvalue weighted by molar-refractivity contribution is 5.47. The van der Waals surface area contributed by atoms with Crippen LogP contribution in [-0.4, -0.2) is 10.1 Å². The van der Waals surface area contributed by atoms with Gasteiger partial charge in [-0.1, -0.05) is 12.1 Å². The minimum Gasteiger partial charge on any atom is -0.457 e. The number of hydrogen-bond donors (Lipinski definition) is 1. The summed E-state index contributed by atoms with van der Waals surface area (Å²) in [4.78, 5) is 7.18. The molecule has 84 valence electrons. The molecule has 1 aromatic heterocycles. The van der Waals surface area contributed by atoms with E-state index in [1.165, 1.54) is 6.20 Å². The molecular weight excluding hydrogens is 216 g/mol. The minimum absolute atomic E-state index is 0.00897. The van der Waals surface area contributed by atoms with Crippen LogP contribution in [0.5, 0.6) is 11.5 Å². The molecule has 0 saturated carbocycles. The largest absolute Gasteiger partial charge is 0.457 e. The first-order valence-electron chi connectivity index (χ1n) is 5.02. The van der Waals surface area contributed by atoms with Crippen molar-refractivity contribution in [3.8, 4) is 11.5 Å². The Labute approximate surface area is 98.9 Å². The molecule has 4 nitrogen and oxygen atoms in total. The van der Waals surface area contributed by atoms with Gasteiger partial charge < -0.3 is 9.84 Å². The molecule has 0 saturated heterocycles. The standard InChI is InChI=1S/C13H10N2O2/c1-14-11-6-13(8-15-7-11)17-12-4-2-10(9-16)3-5-12/h2-8,16H,9H2. The summed E-state index contributed by atoms with van der Waals surface area (Å²) in [5.74, 6) is 1.17. The summed E-state index contributed by atoms with van der Waals surface area (Å²) in [7, 11) is 0. The topological polar surface area (TPSA) is 46.7 Å². The maximum Gasteiger partial charge on any atom is 0.208 e. The minimum atomic E-state index is 0.00897. The highest BCUT2D eigenvalue weighted by Gasteiger charge is 1.99. The van der Waals surface area contributed by atoms with E-state index in [-0.39, 0.29) is 6.61 Å². The van der Waals surface area contributed by atoms with Crippen molar-refractivity contribution in [2.24, 2.45) is 0 Å². The van der Waals surface area contributed by atoms with E-state index in [0.717, 1.165) is 5.56 Å². The van der Waals surface area contributed by atoms with Crippen LogP contribution in [0.2, 0.25) is 0 Å². The monoisotopic (exact) mass is 226 g/mol. The predicted octanol–water partition coefficient (Wildman–Crippen LogP) is 2.92. The highest BCUT2D eigenvalue weighted by atomic mass is 16.5. The second kappa shape index (κ2) is 5.10. The molecule has 17 heavy (non-hydrogen) atoms. The average molecular weight is 226 g/mol. The van der Waals surface area contributed by atoms with Gasteiger partial charge in [-0.2, -0.15) is 0 Å². The summed E-state index contributed by atoms with van der Waals surface area (Å²) in [5.41, 5.74) is 1.26. The van der Waals surface area contributed by atoms with Crippen molar-refractivity contribution in [3.63, 3.8) is 0 Å². The van der Waals surface area contributed by atoms with Gasteiger partial charge in [0, 0.05) is 6.20 Å². The maximum atomic E-state index is 8.90. The number of aromatic nitrogens is 1. The second-order valence-corrected chi connectivity index (χ2v) is 3.39. The smallest absolute Gasteiger partial charge is 0.208 e. The van der Waals surface area contributed by atoms with Crippen molar-refractivity contribution in [3.05, 3.63) is 59.7 Å². The van der Waals surface area contributed by atoms with Crippen molar-refractivity contribution in [2.75, 3.05) is 0 Å². The lowest BCUT2D eigenvalue weighted by Gasteiger charge is -2.05. The van der Waals surface area contributed by atoms with Crippen molar-refractivity contribution in [1.29, 1.82) is 0 Å². The van der Waals surface area contributed by atoms with Gasteiger partial charge in [0.15, 0.2) is 0 Å². The SMILES string of the molecule is [C-]#[N+]c1cncc(Oc2ccc(CO)cc2)c1. The number of pyridine rings is 1. The third-order valence-electron chi connectivity index (χ3n) is 2.17. The first kappa shape index (κ1) is 11.1. The fourth-order valence-electron chi connectivity index (χ4n) is 1.32. The van der Waals surface area contributed by atoms with Crippen molar-refractivity contribution in [1.82, 2.24) is 4.98 Å². The van der Waals surface area contributed by atoms with Crippen LogP contribution in [0.25, 0.3) is 4.85 Å². The predicted molar refractivity (Wildman–Crippen MR) is 62.9 cm³/mol. The van der Waals surface area contributed by atoms with E-state index in [2.05, 4.69) is 9.83 Å². The van der Waals surface area contributed by atoms with Gasteiger partial charge in [-0.05, 0) is 23.8 Å². The molecule has 1 aromatic carbocycles. The van der Waals surface area contributed by atoms with E-state index in [1.54, 1.807) is 36.5 Å². The summed E-state index contributed by atoms with van der Waals surface area (Å²) in [6.07, 6.45) is 3.03. The molecule has 0 aliphatic carbocycles. The molecule has 4 heteroatoms. The molecule has 0 fully saturated rings. The third-order valence-corrected chi connectivity index (χ3v) is 2.17. The Balaban J connectivity index is 2.16. The number of aliphatic hydroxyl groups excluding tert-OH is 1. The molecule has 0 aliphatic heterocycles. The Hall–Kier alpha value is -2.38. The summed E-state index contributed by atoms with van der Waals surface area (Å²) in [6.45, 7) is 6.88. The molecule has 0 radical (unpaired) electrons. The third kappa shape index (κ3) is 2.80. The van der Waals surface area contributed by atoms with Crippen LogP contribution < -0.4 is 4.74 Å². The Bertz CT molecular complexity index is 544. The van der Waals surface area contributed by atoms with Gasteiger partial charge in [0.2, 0.25) is 5.69 Å². The normalized spacial score (nSPS) is 9.65. The number of nitrogens with zero attached hydrogens (tertiary/aromatic N) is 2. The number of rotatable bonds is 3. The van der Waals surface area contributed by atoms with Crippen LogP contribution in [0, 0.1) is 6.57 Å². The number of hydrogen-bond acceptors (Lipinski definition) is 3. The molecule has 1 heterocycles. The fraction of sp³-hybridized carbons (Fsp3) is 0.0769. The Morgan fingerprint density at radius 3 is 2.59 bits per heavy atom. The van der Waals surface area contributed by atoms with Crippen LogP contribution in [0.1, 0.15) is 5.56 Å². The van der Waals surface area contributed by atoms with E-state index in [9.17, 15) is 0 Å². The van der Waals surface area contributed by atoms with Gasteiger partial charge in [0.05, 0.1) is 19.4 Å². The lowest BCUT2D eigenvalue weighted by atomic mass is 10.2. The molecular formula is C13H10N2O2. The van der Waals surface area contributed by atoms with Crippen LogP contribution in [-0.2, 0) is 6.61 Å². The quantitative estimate of drug-likeness (QED) is 0.818. The summed E-state index contributed by atoms with van der Waals surface area (Å²) in [6, 6.07) is 8.70. The molecule has 0 aliphatic rings. The van der Waals surface area contributed by atoms with E-state index >= 15 is 0 Å². The van der Waals surface area contributed by atoms with Gasteiger partial charge in [-0.25, -0.2) is 4.85 Å². The molecule has 0 spiro atoms. The zero-order valence-electron chi connectivity index (χ0n) is 9.00. The van der Waals surface area contributed by atoms with Crippen LogP contribution in [0.4, 0.5) is 5.69 Å². The summed E-state index contributed by atoms with van der Waals surface area (Å²) < 4.78 is 5.53. The first-order chi connectivity index (χ1) is 8.31. The lowest BCUT2D eigenvalue weighted by molar-refractivity contribution is 0.281. The van der Waals surface area contributed by atoms with E-state index in [0.29, 0.717) is 17.2 Å². The van der Waals surface area contributed by atoms with Gasteiger partial charge in [-0.3, -0.25) is 4.98 Å². The van der Waals surface area contributed by atoms with Crippen LogP contribution in [0.15, 0.2) is 42.7 Å².